The third kappa shape index (κ3) is 371. The summed E-state index contributed by atoms with van der Waals surface area (Å²) in [6, 6.07) is 0. The second-order valence-corrected chi connectivity index (χ2v) is 0. The molecule has 5 heavy (non-hydrogen) atoms. The Morgan fingerprint density at radius 2 is 1.00 bits per heavy atom. The molecule has 0 saturated carbocycles. The molecule has 5 heteroatoms. The van der Waals surface area contributed by atoms with Crippen LogP contribution < -0.4 is 0 Å². The first-order valence-electron chi connectivity index (χ1n) is 1.51. The summed E-state index contributed by atoms with van der Waals surface area (Å²) in [5.74, 6) is 0. The molecular formula is H2CuF4. The second-order valence-electron chi connectivity index (χ2n) is 0. The zero-order valence-electron chi connectivity index (χ0n) is 3.81. The molecular weight excluding hydrogens is 140 g/mol. The first-order chi connectivity index (χ1) is 2.83. The summed E-state index contributed by atoms with van der Waals surface area (Å²) in [6.07, 6.45) is 0. The van der Waals surface area contributed by atoms with Gasteiger partial charge in [0.15, 0.2) is 2.95 Å². The van der Waals surface area contributed by atoms with E-state index >= 15 is 0 Å². The van der Waals surface area contributed by atoms with Crippen LogP contribution in [0.3, 0.4) is 0 Å². The fraction of sp³-hybridized carbons (Fsp3) is 0. The van der Waals surface area contributed by atoms with Crippen molar-refractivity contribution < 1.29 is 35.9 Å². The topological polar surface area (TPSA) is 0 Å². The summed E-state index contributed by atoms with van der Waals surface area (Å²) < 4.78 is 37.0. The van der Waals surface area contributed by atoms with Crippen LogP contribution in [0.5, 0.6) is 0 Å². The largest absolute Gasteiger partial charge is 2.00 e. The van der Waals surface area contributed by atoms with E-state index in [0.717, 1.165) is 0 Å². The van der Waals surface area contributed by atoms with Gasteiger partial charge in [-0.3, -0.25) is 0 Å². The van der Waals surface area contributed by atoms with Gasteiger partial charge >= 0.3 is 17.1 Å². The molecule has 1 radical (unpaired) electrons. The third-order valence-corrected chi connectivity index (χ3v) is 0. The van der Waals surface area contributed by atoms with E-state index in [1.54, 1.807) is 0 Å². The summed E-state index contributed by atoms with van der Waals surface area (Å²) in [5, 5.41) is 0. The maximum atomic E-state index is 9.38. The summed E-state index contributed by atoms with van der Waals surface area (Å²) in [6.45, 7) is 0. The Morgan fingerprint density at radius 3 is 1.00 bits per heavy atom. The Balaban J connectivity index is -0.0000000400. The second kappa shape index (κ2) is 776. The Morgan fingerprint density at radius 1 is 1.00 bits per heavy atom. The zero-order valence-corrected chi connectivity index (χ0v) is 2.76. The first kappa shape index (κ1) is 5.24. The van der Waals surface area contributed by atoms with Gasteiger partial charge in [-0.25, -0.2) is 0 Å². The number of halogens is 4. The minimum Gasteiger partial charge on any atom is -0.590 e. The van der Waals surface area contributed by atoms with Crippen molar-refractivity contribution in [2.24, 2.45) is 0 Å². The molecule has 0 aromatic heterocycles. The van der Waals surface area contributed by atoms with Gasteiger partial charge in [-0.2, -0.15) is 0 Å². The van der Waals surface area contributed by atoms with Gasteiger partial charge in [0.05, 0.1) is 0 Å². The van der Waals surface area contributed by atoms with Crippen LogP contribution in [0.25, 0.3) is 0 Å². The van der Waals surface area contributed by atoms with Crippen LogP contribution in [0.4, 0.5) is 18.9 Å². The van der Waals surface area contributed by atoms with Crippen molar-refractivity contribution >= 4 is 0 Å². The van der Waals surface area contributed by atoms with Gasteiger partial charge in [0.1, 0.15) is 0 Å². The van der Waals surface area contributed by atoms with Gasteiger partial charge in [0, 0.05) is 0 Å². The molecule has 0 atom stereocenters. The van der Waals surface area contributed by atoms with Crippen LogP contribution in [0.1, 0.15) is 0 Å². The molecule has 0 aromatic rings. The average Bonchev–Trinajstić information content (AvgIpc) is 1.39. The van der Waals surface area contributed by atoms with E-state index < -0.39 is 0 Å². The molecule has 0 spiro atoms. The van der Waals surface area contributed by atoms with Gasteiger partial charge in [-0.1, -0.05) is 0 Å². The standard InChI is InChI=1S/Cu.2F2H/c;2*1-3-2/q+2;2*-1. The molecule has 0 aliphatic heterocycles. The molecule has 0 unspecified atom stereocenters. The van der Waals surface area contributed by atoms with Crippen LogP contribution in [0, 0.1) is 0 Å². The van der Waals surface area contributed by atoms with Crippen molar-refractivity contribution in [2.45, 2.75) is 0 Å². The Hall–Kier alpha value is 0.239. The molecule has 0 nitrogen and oxygen atoms in total. The van der Waals surface area contributed by atoms with Crippen molar-refractivity contribution in [2.75, 3.05) is 0 Å². The van der Waals surface area contributed by atoms with Crippen molar-refractivity contribution in [3.8, 4) is 0 Å². The Labute approximate surface area is 40.0 Å². The summed E-state index contributed by atoms with van der Waals surface area (Å²) in [4.78, 5) is 0. The van der Waals surface area contributed by atoms with E-state index in [4.69, 9.17) is 0 Å². The predicted octanol–water partition coefficient (Wildman–Crippen LogP) is 1.14. The molecule has 0 aliphatic rings. The van der Waals surface area contributed by atoms with E-state index in [2.05, 4.69) is 0 Å². The van der Waals surface area contributed by atoms with Crippen LogP contribution >= 0.6 is 0 Å². The first-order valence-corrected chi connectivity index (χ1v) is 0. The van der Waals surface area contributed by atoms with Crippen LogP contribution in [0.2, 0.25) is 0 Å². The minimum atomic E-state index is -0.250. The Bertz CT molecular complexity index is 11.7. The Kier molecular flexibility index (Phi) is 813. The molecule has 0 rings (SSSR count). The van der Waals surface area contributed by atoms with Gasteiger partial charge in [-0.05, 0) is 0 Å². The summed E-state index contributed by atoms with van der Waals surface area (Å²) in [7, 11) is 0. The summed E-state index contributed by atoms with van der Waals surface area (Å²) in [5.41, 5.74) is 0. The molecule has 0 aromatic carbocycles. The molecule has 0 bridgehead atoms. The van der Waals surface area contributed by atoms with E-state index in [1.807, 2.05) is 0 Å². The predicted molar refractivity (Wildman–Crippen MR) is 7.22 cm³/mol. The van der Waals surface area contributed by atoms with Gasteiger partial charge in [-0.15, -0.1) is 0 Å². The third-order valence-electron chi connectivity index (χ3n) is 0. The zero-order chi connectivity index (χ0) is 5.41. The summed E-state index contributed by atoms with van der Waals surface area (Å²) >= 11 is 0. The monoisotopic (exact) mass is 141 g/mol. The molecule has 41 valence electrons. The van der Waals surface area contributed by atoms with Crippen LogP contribution in [0.15, 0.2) is 0 Å². The van der Waals surface area contributed by atoms with E-state index in [0.29, 0.717) is 0 Å². The quantitative estimate of drug-likeness (QED) is 0.351. The molecule has 0 amide bonds. The van der Waals surface area contributed by atoms with E-state index in [1.165, 1.54) is 0 Å². The van der Waals surface area contributed by atoms with Crippen molar-refractivity contribution in [3.05, 3.63) is 0 Å². The van der Waals surface area contributed by atoms with Crippen molar-refractivity contribution in [3.63, 3.8) is 0 Å². The van der Waals surface area contributed by atoms with E-state index in [-0.39, 0.29) is 20.0 Å². The molecule has 0 N–H and O–H groups in total. The maximum Gasteiger partial charge on any atom is 2.00 e. The molecule has 0 aliphatic carbocycles. The minimum absolute atomic E-state index is 0. The van der Waals surface area contributed by atoms with Gasteiger partial charge in [0.25, 0.3) is 0 Å². The SMILES string of the molecule is F[H-]F.F[H-]F.[Cu+2]. The normalized spacial score (nSPS) is 4.00. The number of rotatable bonds is 0. The van der Waals surface area contributed by atoms with Crippen molar-refractivity contribution in [1.82, 2.24) is 0 Å². The molecule has 0 fully saturated rings. The van der Waals surface area contributed by atoms with E-state index in [9.17, 15) is 18.9 Å². The van der Waals surface area contributed by atoms with Crippen molar-refractivity contribution in [1.29, 1.82) is 2.95 Å². The molecule has 0 heterocycles. The van der Waals surface area contributed by atoms with Gasteiger partial charge < -0.3 is 18.9 Å². The van der Waals surface area contributed by atoms with Crippen LogP contribution in [-0.2, 0) is 17.1 Å². The van der Waals surface area contributed by atoms with Gasteiger partial charge in [0.2, 0.25) is 0 Å². The number of hydrogen-bond donors (Lipinski definition) is 0. The average molecular weight is 142 g/mol. The number of hydrogen-bond acceptors (Lipinski definition) is 0. The smallest absolute Gasteiger partial charge is 0.590 e. The fourth-order valence-electron chi connectivity index (χ4n) is 0. The molecule has 0 saturated heterocycles. The fourth-order valence-corrected chi connectivity index (χ4v) is 0. The van der Waals surface area contributed by atoms with Crippen LogP contribution in [-0.4, -0.2) is 2.95 Å². The maximum absolute atomic E-state index is 9.38.